The average Bonchev–Trinajstić information content (AvgIpc) is 3.30. The zero-order chi connectivity index (χ0) is 18.6. The summed E-state index contributed by atoms with van der Waals surface area (Å²) in [5.74, 6) is 1.41. The Balaban J connectivity index is 1.54. The SMILES string of the molecule is CCCCCCNc1ncnc2c1S[C@@H]1N=C(CCCC)C3=C(CCC3)[C@@H]21. The van der Waals surface area contributed by atoms with Crippen molar-refractivity contribution < 1.29 is 0 Å². The number of allylic oxidation sites excluding steroid dienone is 1. The van der Waals surface area contributed by atoms with Gasteiger partial charge in [0.15, 0.2) is 0 Å². The summed E-state index contributed by atoms with van der Waals surface area (Å²) in [6.45, 7) is 5.52. The average molecular weight is 385 g/mol. The number of rotatable bonds is 9. The molecule has 146 valence electrons. The maximum Gasteiger partial charge on any atom is 0.143 e. The minimum Gasteiger partial charge on any atom is -0.369 e. The van der Waals surface area contributed by atoms with Gasteiger partial charge in [-0.15, -0.1) is 0 Å². The number of anilines is 1. The fraction of sp³-hybridized carbons (Fsp3) is 0.682. The zero-order valence-electron chi connectivity index (χ0n) is 16.8. The number of hydrogen-bond donors (Lipinski definition) is 1. The van der Waals surface area contributed by atoms with Gasteiger partial charge < -0.3 is 5.32 Å². The first-order valence-corrected chi connectivity index (χ1v) is 11.8. The smallest absolute Gasteiger partial charge is 0.143 e. The third-order valence-corrected chi connectivity index (χ3v) is 7.26. The maximum absolute atomic E-state index is 5.23. The van der Waals surface area contributed by atoms with Gasteiger partial charge in [0, 0.05) is 12.3 Å². The number of nitrogens with zero attached hydrogens (tertiary/aromatic N) is 3. The molecule has 1 aromatic rings. The van der Waals surface area contributed by atoms with Gasteiger partial charge in [-0.3, -0.25) is 4.99 Å². The van der Waals surface area contributed by atoms with Crippen molar-refractivity contribution in [2.24, 2.45) is 4.99 Å². The lowest BCUT2D eigenvalue weighted by Crippen LogP contribution is -2.21. The van der Waals surface area contributed by atoms with E-state index in [0.717, 1.165) is 18.8 Å². The van der Waals surface area contributed by atoms with Crippen molar-refractivity contribution in [3.05, 3.63) is 23.2 Å². The largest absolute Gasteiger partial charge is 0.369 e. The molecular formula is C22H32N4S. The number of fused-ring (bicyclic) bond motifs is 4. The van der Waals surface area contributed by atoms with Crippen LogP contribution in [0.15, 0.2) is 27.4 Å². The van der Waals surface area contributed by atoms with E-state index in [1.54, 1.807) is 17.5 Å². The van der Waals surface area contributed by atoms with E-state index in [-0.39, 0.29) is 5.37 Å². The van der Waals surface area contributed by atoms with E-state index in [0.29, 0.717) is 5.92 Å². The number of aromatic nitrogens is 2. The standard InChI is InChI=1S/C22H32N4S/c1-3-5-7-8-13-23-21-20-19(24-14-25-21)18-16-11-9-10-15(16)17(12-6-4-2)26-22(18)27-20/h14,18,22H,3-13H2,1-2H3,(H,23,24,25)/t18-,22-/m0/s1. The number of aliphatic imine (C=N–C) groups is 1. The van der Waals surface area contributed by atoms with E-state index >= 15 is 0 Å². The molecule has 0 amide bonds. The molecule has 0 bridgehead atoms. The van der Waals surface area contributed by atoms with Crippen LogP contribution < -0.4 is 5.32 Å². The van der Waals surface area contributed by atoms with E-state index in [9.17, 15) is 0 Å². The lowest BCUT2D eigenvalue weighted by molar-refractivity contribution is 0.681. The molecule has 1 N–H and O–H groups in total. The molecule has 0 spiro atoms. The molecule has 0 aromatic carbocycles. The summed E-state index contributed by atoms with van der Waals surface area (Å²) in [4.78, 5) is 15.8. The highest BCUT2D eigenvalue weighted by Crippen LogP contribution is 2.55. The highest BCUT2D eigenvalue weighted by atomic mass is 32.2. The number of hydrogen-bond acceptors (Lipinski definition) is 5. The molecule has 4 rings (SSSR count). The van der Waals surface area contributed by atoms with Crippen LogP contribution in [0.4, 0.5) is 5.82 Å². The van der Waals surface area contributed by atoms with Crippen LogP contribution in [-0.4, -0.2) is 27.6 Å². The molecule has 27 heavy (non-hydrogen) atoms. The van der Waals surface area contributed by atoms with Crippen LogP contribution in [0.5, 0.6) is 0 Å². The summed E-state index contributed by atoms with van der Waals surface area (Å²) in [5, 5.41) is 3.86. The summed E-state index contributed by atoms with van der Waals surface area (Å²) in [7, 11) is 0. The van der Waals surface area contributed by atoms with Crippen molar-refractivity contribution >= 4 is 23.3 Å². The molecule has 3 heterocycles. The fourth-order valence-corrected chi connectivity index (χ4v) is 5.99. The van der Waals surface area contributed by atoms with Crippen LogP contribution >= 0.6 is 11.8 Å². The van der Waals surface area contributed by atoms with Crippen LogP contribution in [-0.2, 0) is 0 Å². The number of dihydropyridines is 1. The van der Waals surface area contributed by atoms with Gasteiger partial charge in [0.05, 0.1) is 16.5 Å². The van der Waals surface area contributed by atoms with E-state index in [4.69, 9.17) is 9.98 Å². The van der Waals surface area contributed by atoms with E-state index in [1.807, 2.05) is 11.8 Å². The minimum atomic E-state index is 0.279. The summed E-state index contributed by atoms with van der Waals surface area (Å²) >= 11 is 1.89. The first kappa shape index (κ1) is 19.0. The molecule has 0 radical (unpaired) electrons. The summed E-state index contributed by atoms with van der Waals surface area (Å²) in [6, 6.07) is 0. The number of unbranched alkanes of at least 4 members (excludes halogenated alkanes) is 4. The van der Waals surface area contributed by atoms with Crippen LogP contribution in [0.25, 0.3) is 0 Å². The molecule has 2 atom stereocenters. The Morgan fingerprint density at radius 1 is 1.07 bits per heavy atom. The highest BCUT2D eigenvalue weighted by Gasteiger charge is 2.43. The van der Waals surface area contributed by atoms with Crippen molar-refractivity contribution in [1.82, 2.24) is 9.97 Å². The Bertz CT molecular complexity index is 740. The van der Waals surface area contributed by atoms with Crippen molar-refractivity contribution in [3.8, 4) is 0 Å². The second-order valence-corrected chi connectivity index (χ2v) is 9.07. The Kier molecular flexibility index (Phi) is 6.16. The van der Waals surface area contributed by atoms with Crippen molar-refractivity contribution in [1.29, 1.82) is 0 Å². The van der Waals surface area contributed by atoms with Gasteiger partial charge in [-0.1, -0.05) is 56.9 Å². The van der Waals surface area contributed by atoms with Gasteiger partial charge in [-0.25, -0.2) is 9.97 Å². The Morgan fingerprint density at radius 3 is 2.81 bits per heavy atom. The highest BCUT2D eigenvalue weighted by molar-refractivity contribution is 8.00. The molecule has 5 heteroatoms. The Morgan fingerprint density at radius 2 is 1.96 bits per heavy atom. The van der Waals surface area contributed by atoms with Gasteiger partial charge in [-0.2, -0.15) is 0 Å². The minimum absolute atomic E-state index is 0.279. The van der Waals surface area contributed by atoms with Crippen molar-refractivity contribution in [3.63, 3.8) is 0 Å². The number of nitrogens with one attached hydrogen (secondary N) is 1. The van der Waals surface area contributed by atoms with Gasteiger partial charge in [0.25, 0.3) is 0 Å². The van der Waals surface area contributed by atoms with Crippen molar-refractivity contribution in [2.75, 3.05) is 11.9 Å². The summed E-state index contributed by atoms with van der Waals surface area (Å²) in [5.41, 5.74) is 5.84. The van der Waals surface area contributed by atoms with Gasteiger partial charge >= 0.3 is 0 Å². The Hall–Kier alpha value is -1.36. The lowest BCUT2D eigenvalue weighted by atomic mass is 9.87. The third-order valence-electron chi connectivity index (χ3n) is 6.01. The maximum atomic E-state index is 5.23. The molecular weight excluding hydrogens is 352 g/mol. The van der Waals surface area contributed by atoms with Crippen LogP contribution in [0.2, 0.25) is 0 Å². The Labute approximate surface area is 167 Å². The first-order valence-electron chi connectivity index (χ1n) is 10.9. The number of thioether (sulfide) groups is 1. The summed E-state index contributed by atoms with van der Waals surface area (Å²) in [6.07, 6.45) is 14.2. The normalized spacial score (nSPS) is 23.1. The molecule has 4 nitrogen and oxygen atoms in total. The molecule has 0 unspecified atom stereocenters. The van der Waals surface area contributed by atoms with Crippen molar-refractivity contribution in [2.45, 2.75) is 94.2 Å². The van der Waals surface area contributed by atoms with Gasteiger partial charge in [0.1, 0.15) is 17.5 Å². The molecule has 0 fully saturated rings. The fourth-order valence-electron chi connectivity index (χ4n) is 4.60. The second kappa shape index (κ2) is 8.76. The topological polar surface area (TPSA) is 50.2 Å². The molecule has 3 aliphatic rings. The molecule has 1 aliphatic carbocycles. The van der Waals surface area contributed by atoms with E-state index in [1.165, 1.54) is 74.1 Å². The van der Waals surface area contributed by atoms with Gasteiger partial charge in [0.2, 0.25) is 0 Å². The lowest BCUT2D eigenvalue weighted by Gasteiger charge is -2.26. The van der Waals surface area contributed by atoms with E-state index < -0.39 is 0 Å². The molecule has 2 aliphatic heterocycles. The molecule has 0 saturated heterocycles. The van der Waals surface area contributed by atoms with Gasteiger partial charge in [-0.05, 0) is 44.1 Å². The predicted molar refractivity (Wildman–Crippen MR) is 115 cm³/mol. The first-order chi connectivity index (χ1) is 13.3. The summed E-state index contributed by atoms with van der Waals surface area (Å²) < 4.78 is 0. The zero-order valence-corrected chi connectivity index (χ0v) is 17.6. The molecule has 0 saturated carbocycles. The van der Waals surface area contributed by atoms with Crippen LogP contribution in [0, 0.1) is 0 Å². The second-order valence-electron chi connectivity index (χ2n) is 7.95. The molecule has 1 aromatic heterocycles. The third kappa shape index (κ3) is 3.80. The van der Waals surface area contributed by atoms with Crippen LogP contribution in [0.3, 0.4) is 0 Å². The van der Waals surface area contributed by atoms with Crippen LogP contribution in [0.1, 0.15) is 89.7 Å². The van der Waals surface area contributed by atoms with E-state index in [2.05, 4.69) is 24.1 Å². The monoisotopic (exact) mass is 384 g/mol. The predicted octanol–water partition coefficient (Wildman–Crippen LogP) is 6.11. The quantitative estimate of drug-likeness (QED) is 0.522.